The summed E-state index contributed by atoms with van der Waals surface area (Å²) in [6.07, 6.45) is 0. The smallest absolute Gasteiger partial charge is 0.257 e. The van der Waals surface area contributed by atoms with Crippen molar-refractivity contribution in [2.24, 2.45) is 0 Å². The summed E-state index contributed by atoms with van der Waals surface area (Å²) in [5.41, 5.74) is 1.89. The number of ether oxygens (including phenoxy) is 1. The molecule has 0 atom stereocenters. The van der Waals surface area contributed by atoms with Crippen LogP contribution >= 0.6 is 23.2 Å². The van der Waals surface area contributed by atoms with Gasteiger partial charge < -0.3 is 14.5 Å². The summed E-state index contributed by atoms with van der Waals surface area (Å²) in [5, 5.41) is 3.95. The minimum absolute atomic E-state index is 0.167. The van der Waals surface area contributed by atoms with Crippen molar-refractivity contribution in [1.82, 2.24) is 0 Å². The molecule has 0 aliphatic heterocycles. The molecule has 0 aliphatic rings. The summed E-state index contributed by atoms with van der Waals surface area (Å²) < 4.78 is 11.0. The number of methoxy groups -OCH3 is 1. The molecule has 0 unspecified atom stereocenters. The third kappa shape index (κ3) is 4.03. The highest BCUT2D eigenvalue weighted by Gasteiger charge is 2.12. The molecule has 1 heterocycles. The second-order valence-corrected chi connectivity index (χ2v) is 7.34. The monoisotopic (exact) mass is 439 g/mol. The number of amides is 1. The van der Waals surface area contributed by atoms with Gasteiger partial charge in [0.2, 0.25) is 0 Å². The molecule has 4 aromatic rings. The van der Waals surface area contributed by atoms with Gasteiger partial charge in [-0.2, -0.15) is 0 Å². The van der Waals surface area contributed by atoms with Crippen LogP contribution in [-0.2, 0) is 0 Å². The molecule has 0 saturated heterocycles. The van der Waals surface area contributed by atoms with E-state index in [9.17, 15) is 9.59 Å². The largest absolute Gasteiger partial charge is 0.497 e. The summed E-state index contributed by atoms with van der Waals surface area (Å²) >= 11 is 11.9. The van der Waals surface area contributed by atoms with Gasteiger partial charge in [0.1, 0.15) is 17.1 Å². The van der Waals surface area contributed by atoms with Crippen molar-refractivity contribution >= 4 is 45.8 Å². The Morgan fingerprint density at radius 1 is 0.967 bits per heavy atom. The number of hydrogen-bond donors (Lipinski definition) is 1. The number of rotatable bonds is 4. The Hall–Kier alpha value is -3.28. The van der Waals surface area contributed by atoms with Crippen LogP contribution < -0.4 is 15.5 Å². The van der Waals surface area contributed by atoms with Gasteiger partial charge in [-0.3, -0.25) is 9.59 Å². The van der Waals surface area contributed by atoms with Crippen molar-refractivity contribution in [2.45, 2.75) is 0 Å². The van der Waals surface area contributed by atoms with Crippen LogP contribution in [0.4, 0.5) is 5.69 Å². The van der Waals surface area contributed by atoms with Gasteiger partial charge in [0.05, 0.1) is 23.1 Å². The van der Waals surface area contributed by atoms with E-state index in [1.54, 1.807) is 61.7 Å². The van der Waals surface area contributed by atoms with E-state index >= 15 is 0 Å². The van der Waals surface area contributed by atoms with Crippen LogP contribution in [0.25, 0.3) is 22.3 Å². The highest BCUT2D eigenvalue weighted by atomic mass is 35.5. The zero-order valence-electron chi connectivity index (χ0n) is 15.7. The first-order valence-corrected chi connectivity index (χ1v) is 9.69. The number of anilines is 1. The highest BCUT2D eigenvalue weighted by Crippen LogP contribution is 2.26. The molecule has 30 heavy (non-hydrogen) atoms. The van der Waals surface area contributed by atoms with Gasteiger partial charge in [-0.15, -0.1) is 0 Å². The summed E-state index contributed by atoms with van der Waals surface area (Å²) in [5.74, 6) is 0.662. The van der Waals surface area contributed by atoms with Gasteiger partial charge in [-0.25, -0.2) is 0 Å². The minimum atomic E-state index is -0.351. The fraction of sp³-hybridized carbons (Fsp3) is 0.0435. The van der Waals surface area contributed by atoms with Crippen molar-refractivity contribution in [2.75, 3.05) is 12.4 Å². The van der Waals surface area contributed by atoms with Crippen molar-refractivity contribution in [3.05, 3.63) is 92.6 Å². The topological polar surface area (TPSA) is 68.5 Å². The van der Waals surface area contributed by atoms with Crippen LogP contribution in [-0.4, -0.2) is 13.0 Å². The van der Waals surface area contributed by atoms with Crippen LogP contribution in [0.2, 0.25) is 10.0 Å². The average molecular weight is 440 g/mol. The number of fused-ring (bicyclic) bond motifs is 1. The van der Waals surface area contributed by atoms with Crippen LogP contribution in [0.15, 0.2) is 75.9 Å². The summed E-state index contributed by atoms with van der Waals surface area (Å²) in [7, 11) is 1.54. The molecule has 1 aromatic heterocycles. The van der Waals surface area contributed by atoms with Crippen LogP contribution in [0, 0.1) is 0 Å². The summed E-state index contributed by atoms with van der Waals surface area (Å²) in [4.78, 5) is 24.9. The van der Waals surface area contributed by atoms with Gasteiger partial charge in [-0.1, -0.05) is 23.2 Å². The van der Waals surface area contributed by atoms with Gasteiger partial charge in [0.25, 0.3) is 5.91 Å². The minimum Gasteiger partial charge on any atom is -0.497 e. The molecule has 0 aliphatic carbocycles. The molecule has 0 bridgehead atoms. The Bertz CT molecular complexity index is 1310. The molecule has 5 nitrogen and oxygen atoms in total. The lowest BCUT2D eigenvalue weighted by Crippen LogP contribution is -2.12. The Labute approximate surface area is 181 Å². The lowest BCUT2D eigenvalue weighted by molar-refractivity contribution is 0.102. The molecule has 7 heteroatoms. The standard InChI is InChI=1S/C23H15Cl2NO4/c1-29-16-7-9-21-18(11-16)20(27)12-22(30-21)13-2-5-15(6-3-13)26-23(28)17-8-4-14(24)10-19(17)25/h2-12H,1H3,(H,26,28). The van der Waals surface area contributed by atoms with Gasteiger partial charge in [0, 0.05) is 22.3 Å². The Morgan fingerprint density at radius 2 is 1.73 bits per heavy atom. The van der Waals surface area contributed by atoms with E-state index < -0.39 is 0 Å². The third-order valence-corrected chi connectivity index (χ3v) is 5.09. The number of halogens is 2. The Morgan fingerprint density at radius 3 is 2.43 bits per heavy atom. The second kappa shape index (κ2) is 8.22. The fourth-order valence-corrected chi connectivity index (χ4v) is 3.49. The van der Waals surface area contributed by atoms with Crippen molar-refractivity contribution < 1.29 is 13.9 Å². The number of carbonyl (C=O) groups excluding carboxylic acids is 1. The van der Waals surface area contributed by atoms with E-state index in [1.165, 1.54) is 12.1 Å². The molecule has 0 radical (unpaired) electrons. The van der Waals surface area contributed by atoms with E-state index in [2.05, 4.69) is 5.32 Å². The van der Waals surface area contributed by atoms with Crippen LogP contribution in [0.3, 0.4) is 0 Å². The molecule has 0 saturated carbocycles. The van der Waals surface area contributed by atoms with E-state index in [4.69, 9.17) is 32.4 Å². The third-order valence-electron chi connectivity index (χ3n) is 4.54. The van der Waals surface area contributed by atoms with E-state index in [1.807, 2.05) is 0 Å². The van der Waals surface area contributed by atoms with Gasteiger partial charge >= 0.3 is 0 Å². The lowest BCUT2D eigenvalue weighted by Gasteiger charge is -2.08. The Kier molecular flexibility index (Phi) is 5.48. The number of hydrogen-bond acceptors (Lipinski definition) is 4. The SMILES string of the molecule is COc1ccc2oc(-c3ccc(NC(=O)c4ccc(Cl)cc4Cl)cc3)cc(=O)c2c1. The maximum absolute atomic E-state index is 12.5. The molecular weight excluding hydrogens is 425 g/mol. The molecule has 150 valence electrons. The number of benzene rings is 3. The maximum Gasteiger partial charge on any atom is 0.257 e. The van der Waals surface area contributed by atoms with E-state index in [-0.39, 0.29) is 16.4 Å². The first kappa shape index (κ1) is 20.0. The number of nitrogens with one attached hydrogen (secondary N) is 1. The molecular formula is C23H15Cl2NO4. The average Bonchev–Trinajstić information content (AvgIpc) is 2.74. The van der Waals surface area contributed by atoms with E-state index in [0.29, 0.717) is 44.3 Å². The van der Waals surface area contributed by atoms with Crippen LogP contribution in [0.5, 0.6) is 5.75 Å². The highest BCUT2D eigenvalue weighted by molar-refractivity contribution is 6.37. The predicted molar refractivity (Wildman–Crippen MR) is 119 cm³/mol. The second-order valence-electron chi connectivity index (χ2n) is 6.49. The Balaban J connectivity index is 1.59. The maximum atomic E-state index is 12.5. The molecule has 4 rings (SSSR count). The fourth-order valence-electron chi connectivity index (χ4n) is 2.99. The van der Waals surface area contributed by atoms with Gasteiger partial charge in [0.15, 0.2) is 5.43 Å². The molecule has 0 spiro atoms. The predicted octanol–water partition coefficient (Wildman–Crippen LogP) is 6.03. The van der Waals surface area contributed by atoms with Crippen LogP contribution in [0.1, 0.15) is 10.4 Å². The molecule has 3 aromatic carbocycles. The quantitative estimate of drug-likeness (QED) is 0.421. The van der Waals surface area contributed by atoms with E-state index in [0.717, 1.165) is 0 Å². The van der Waals surface area contributed by atoms with Crippen molar-refractivity contribution in [3.63, 3.8) is 0 Å². The lowest BCUT2D eigenvalue weighted by atomic mass is 10.1. The molecule has 1 amide bonds. The first-order chi connectivity index (χ1) is 14.4. The molecule has 0 fully saturated rings. The normalized spacial score (nSPS) is 10.8. The van der Waals surface area contributed by atoms with Crippen molar-refractivity contribution in [3.8, 4) is 17.1 Å². The van der Waals surface area contributed by atoms with Crippen molar-refractivity contribution in [1.29, 1.82) is 0 Å². The molecule has 1 N–H and O–H groups in total. The number of carbonyl (C=O) groups is 1. The summed E-state index contributed by atoms with van der Waals surface area (Å²) in [6, 6.07) is 18.1. The first-order valence-electron chi connectivity index (χ1n) is 8.93. The zero-order chi connectivity index (χ0) is 21.3. The summed E-state index contributed by atoms with van der Waals surface area (Å²) in [6.45, 7) is 0. The van der Waals surface area contributed by atoms with Gasteiger partial charge in [-0.05, 0) is 60.7 Å². The zero-order valence-corrected chi connectivity index (χ0v) is 17.3.